The third kappa shape index (κ3) is 4.03. The first-order valence-electron chi connectivity index (χ1n) is 14.8. The first-order chi connectivity index (χ1) is 21.8. The second-order valence-electron chi connectivity index (χ2n) is 11.2. The van der Waals surface area contributed by atoms with Crippen LogP contribution in [0.25, 0.3) is 78.4 Å². The molecule has 0 N–H and O–H groups in total. The summed E-state index contributed by atoms with van der Waals surface area (Å²) in [6.07, 6.45) is 0.982. The van der Waals surface area contributed by atoms with Gasteiger partial charge < -0.3 is 4.42 Å². The highest BCUT2D eigenvalue weighted by Crippen LogP contribution is 2.42. The number of fused-ring (bicyclic) bond motifs is 6. The molecule has 2 heterocycles. The Morgan fingerprint density at radius 1 is 0.409 bits per heavy atom. The SMILES string of the molecule is c1ccc(-c2nc(-c3ccccc3)nc(-c3ccc4oc5cccc(-c6ccc7c(c6)-c6ccccc6C7)c5c4c3)n2)cc1. The predicted molar refractivity (Wildman–Crippen MR) is 177 cm³/mol. The standard InChI is InChI=1S/C40H25N3O/c1-3-10-25(11-4-1)38-41-39(26-12-5-2-6-13-26)43-40(42-38)30-20-21-35-34(24-30)37-32(16-9-17-36(37)44-35)29-19-18-28-22-27-14-7-8-15-31(27)33(28)23-29/h1-21,23-24H,22H2. The molecule has 1 aliphatic rings. The van der Waals surface area contributed by atoms with E-state index in [2.05, 4.69) is 60.7 Å². The monoisotopic (exact) mass is 563 g/mol. The Labute approximate surface area is 254 Å². The number of hydrogen-bond donors (Lipinski definition) is 0. The molecule has 2 aromatic heterocycles. The van der Waals surface area contributed by atoms with Crippen molar-refractivity contribution < 1.29 is 4.42 Å². The molecule has 0 saturated heterocycles. The topological polar surface area (TPSA) is 51.8 Å². The third-order valence-electron chi connectivity index (χ3n) is 8.56. The molecule has 0 radical (unpaired) electrons. The summed E-state index contributed by atoms with van der Waals surface area (Å²) in [5, 5.41) is 2.13. The van der Waals surface area contributed by atoms with Gasteiger partial charge in [0.1, 0.15) is 11.2 Å². The lowest BCUT2D eigenvalue weighted by atomic mass is 9.95. The highest BCUT2D eigenvalue weighted by molar-refractivity contribution is 6.13. The van der Waals surface area contributed by atoms with Crippen LogP contribution in [0.2, 0.25) is 0 Å². The Morgan fingerprint density at radius 2 is 1.02 bits per heavy atom. The van der Waals surface area contributed by atoms with Crippen molar-refractivity contribution in [1.29, 1.82) is 0 Å². The molecule has 0 spiro atoms. The van der Waals surface area contributed by atoms with E-state index in [9.17, 15) is 0 Å². The van der Waals surface area contributed by atoms with Crippen LogP contribution in [-0.4, -0.2) is 15.0 Å². The largest absolute Gasteiger partial charge is 0.456 e. The quantitative estimate of drug-likeness (QED) is 0.214. The van der Waals surface area contributed by atoms with Gasteiger partial charge in [0, 0.05) is 27.5 Å². The molecule has 0 amide bonds. The van der Waals surface area contributed by atoms with E-state index in [1.54, 1.807) is 0 Å². The van der Waals surface area contributed by atoms with Crippen LogP contribution in [0.1, 0.15) is 11.1 Å². The average molecular weight is 564 g/mol. The molecule has 4 nitrogen and oxygen atoms in total. The Morgan fingerprint density at radius 3 is 1.77 bits per heavy atom. The van der Waals surface area contributed by atoms with Gasteiger partial charge in [-0.1, -0.05) is 109 Å². The molecule has 0 atom stereocenters. The molecule has 4 heteroatoms. The average Bonchev–Trinajstić information content (AvgIpc) is 3.66. The summed E-state index contributed by atoms with van der Waals surface area (Å²) >= 11 is 0. The van der Waals surface area contributed by atoms with E-state index in [-0.39, 0.29) is 0 Å². The zero-order valence-corrected chi connectivity index (χ0v) is 23.7. The van der Waals surface area contributed by atoms with Gasteiger partial charge in [0.2, 0.25) is 0 Å². The van der Waals surface area contributed by atoms with Crippen molar-refractivity contribution in [2.75, 3.05) is 0 Å². The Hall–Kier alpha value is -5.87. The number of hydrogen-bond acceptors (Lipinski definition) is 4. The van der Waals surface area contributed by atoms with E-state index in [4.69, 9.17) is 19.4 Å². The van der Waals surface area contributed by atoms with Gasteiger partial charge in [0.15, 0.2) is 17.5 Å². The van der Waals surface area contributed by atoms with Gasteiger partial charge in [-0.25, -0.2) is 15.0 Å². The van der Waals surface area contributed by atoms with Crippen molar-refractivity contribution in [3.05, 3.63) is 151 Å². The van der Waals surface area contributed by atoms with Crippen LogP contribution in [-0.2, 0) is 6.42 Å². The van der Waals surface area contributed by atoms with Crippen LogP contribution < -0.4 is 0 Å². The fraction of sp³-hybridized carbons (Fsp3) is 0.0250. The van der Waals surface area contributed by atoms with Crippen LogP contribution >= 0.6 is 0 Å². The smallest absolute Gasteiger partial charge is 0.164 e. The van der Waals surface area contributed by atoms with Crippen molar-refractivity contribution in [3.63, 3.8) is 0 Å². The van der Waals surface area contributed by atoms with Crippen molar-refractivity contribution >= 4 is 21.9 Å². The summed E-state index contributed by atoms with van der Waals surface area (Å²) < 4.78 is 6.39. The number of aromatic nitrogens is 3. The first kappa shape index (κ1) is 24.7. The minimum atomic E-state index is 0.626. The van der Waals surface area contributed by atoms with E-state index < -0.39 is 0 Å². The number of nitrogens with zero attached hydrogens (tertiary/aromatic N) is 3. The van der Waals surface area contributed by atoms with E-state index >= 15 is 0 Å². The number of furan rings is 1. The zero-order chi connectivity index (χ0) is 29.0. The molecule has 0 aliphatic heterocycles. The lowest BCUT2D eigenvalue weighted by Gasteiger charge is -2.09. The van der Waals surface area contributed by atoms with E-state index in [1.807, 2.05) is 78.9 Å². The van der Waals surface area contributed by atoms with Crippen LogP contribution in [0.5, 0.6) is 0 Å². The maximum absolute atomic E-state index is 6.39. The summed E-state index contributed by atoms with van der Waals surface area (Å²) in [4.78, 5) is 14.8. The lowest BCUT2D eigenvalue weighted by Crippen LogP contribution is -2.00. The van der Waals surface area contributed by atoms with Crippen molar-refractivity contribution in [3.8, 4) is 56.4 Å². The molecule has 8 aromatic rings. The third-order valence-corrected chi connectivity index (χ3v) is 8.56. The van der Waals surface area contributed by atoms with E-state index in [0.717, 1.165) is 50.6 Å². The molecule has 0 fully saturated rings. The molecule has 44 heavy (non-hydrogen) atoms. The molecular formula is C40H25N3O. The molecular weight excluding hydrogens is 538 g/mol. The molecule has 0 unspecified atom stereocenters. The van der Waals surface area contributed by atoms with Crippen molar-refractivity contribution in [2.45, 2.75) is 6.42 Å². The number of rotatable bonds is 4. The van der Waals surface area contributed by atoms with Crippen LogP contribution in [0.4, 0.5) is 0 Å². The first-order valence-corrected chi connectivity index (χ1v) is 14.8. The second kappa shape index (κ2) is 9.85. The van der Waals surface area contributed by atoms with Gasteiger partial charge in [-0.3, -0.25) is 0 Å². The van der Waals surface area contributed by atoms with Gasteiger partial charge in [-0.15, -0.1) is 0 Å². The van der Waals surface area contributed by atoms with E-state index in [0.29, 0.717) is 17.5 Å². The van der Waals surface area contributed by atoms with E-state index in [1.165, 1.54) is 27.8 Å². The highest BCUT2D eigenvalue weighted by Gasteiger charge is 2.20. The Bertz CT molecular complexity index is 2300. The molecule has 1 aliphatic carbocycles. The van der Waals surface area contributed by atoms with Crippen molar-refractivity contribution in [1.82, 2.24) is 15.0 Å². The Balaban J connectivity index is 1.23. The summed E-state index contributed by atoms with van der Waals surface area (Å²) in [6.45, 7) is 0. The van der Waals surface area contributed by atoms with Gasteiger partial charge in [-0.2, -0.15) is 0 Å². The maximum atomic E-state index is 6.39. The van der Waals surface area contributed by atoms with Gasteiger partial charge >= 0.3 is 0 Å². The lowest BCUT2D eigenvalue weighted by molar-refractivity contribution is 0.669. The Kier molecular flexibility index (Phi) is 5.53. The summed E-state index contributed by atoms with van der Waals surface area (Å²) in [6, 6.07) is 48.2. The molecule has 0 saturated carbocycles. The molecule has 9 rings (SSSR count). The zero-order valence-electron chi connectivity index (χ0n) is 23.7. The fourth-order valence-corrected chi connectivity index (χ4v) is 6.44. The summed E-state index contributed by atoms with van der Waals surface area (Å²) in [5.41, 5.74) is 12.2. The van der Waals surface area contributed by atoms with Crippen LogP contribution in [0.15, 0.2) is 144 Å². The molecule has 0 bridgehead atoms. The maximum Gasteiger partial charge on any atom is 0.164 e. The van der Waals surface area contributed by atoms with Gasteiger partial charge in [0.05, 0.1) is 0 Å². The number of benzene rings is 6. The van der Waals surface area contributed by atoms with Gasteiger partial charge in [0.25, 0.3) is 0 Å². The minimum Gasteiger partial charge on any atom is -0.456 e. The van der Waals surface area contributed by atoms with Crippen LogP contribution in [0, 0.1) is 0 Å². The fourth-order valence-electron chi connectivity index (χ4n) is 6.44. The van der Waals surface area contributed by atoms with Gasteiger partial charge in [-0.05, 0) is 70.1 Å². The minimum absolute atomic E-state index is 0.626. The second-order valence-corrected chi connectivity index (χ2v) is 11.2. The summed E-state index contributed by atoms with van der Waals surface area (Å²) in [5.74, 6) is 1.91. The summed E-state index contributed by atoms with van der Waals surface area (Å²) in [7, 11) is 0. The van der Waals surface area contributed by atoms with Crippen molar-refractivity contribution in [2.24, 2.45) is 0 Å². The molecule has 6 aromatic carbocycles. The predicted octanol–water partition coefficient (Wildman–Crippen LogP) is 10.0. The normalized spacial score (nSPS) is 12.0. The van der Waals surface area contributed by atoms with Crippen LogP contribution in [0.3, 0.4) is 0 Å². The highest BCUT2D eigenvalue weighted by atomic mass is 16.3. The molecule has 206 valence electrons.